The number of nitro benzene ring substituents is 1. The second-order valence-electron chi connectivity index (χ2n) is 3.24. The number of aliphatic hydroxyl groups excluding tert-OH is 1. The number of nitrogens with zero attached hydrogens (tertiary/aromatic N) is 1. The van der Waals surface area contributed by atoms with Crippen LogP contribution in [0.15, 0.2) is 18.2 Å². The second-order valence-corrected chi connectivity index (χ2v) is 3.65. The van der Waals surface area contributed by atoms with Gasteiger partial charge in [-0.25, -0.2) is 0 Å². The van der Waals surface area contributed by atoms with E-state index in [0.717, 1.165) is 0 Å². The Morgan fingerprint density at radius 2 is 2.31 bits per heavy atom. The van der Waals surface area contributed by atoms with E-state index in [0.29, 0.717) is 18.8 Å². The molecule has 5 N–H and O–H groups in total. The van der Waals surface area contributed by atoms with Gasteiger partial charge in [0, 0.05) is 18.7 Å². The summed E-state index contributed by atoms with van der Waals surface area (Å²) in [6, 6.07) is 4.13. The van der Waals surface area contributed by atoms with Crippen molar-refractivity contribution in [2.24, 2.45) is 0 Å². The Kier molecular flexibility index (Phi) is 4.48. The third kappa shape index (κ3) is 3.34. The lowest BCUT2D eigenvalue weighted by Gasteiger charge is -2.10. The Bertz CT molecular complexity index is 386. The highest BCUT2D eigenvalue weighted by Crippen LogP contribution is 2.26. The molecule has 1 rings (SSSR count). The molecule has 1 atom stereocenters. The van der Waals surface area contributed by atoms with Gasteiger partial charge in [-0.05, 0) is 6.07 Å². The topological polar surface area (TPSA) is 103 Å². The highest BCUT2D eigenvalue weighted by Gasteiger charge is 2.10. The average molecular weight is 247 g/mol. The molecule has 16 heavy (non-hydrogen) atoms. The molecule has 0 unspecified atom stereocenters. The number of benzene rings is 1. The molecule has 88 valence electrons. The van der Waals surface area contributed by atoms with E-state index in [1.54, 1.807) is 0 Å². The van der Waals surface area contributed by atoms with Crippen LogP contribution in [0.3, 0.4) is 0 Å². The highest BCUT2D eigenvalue weighted by atomic mass is 35.5. The van der Waals surface area contributed by atoms with E-state index in [4.69, 9.17) is 11.6 Å². The van der Waals surface area contributed by atoms with Crippen LogP contribution < -0.4 is 11.1 Å². The molecule has 0 saturated carbocycles. The van der Waals surface area contributed by atoms with Crippen molar-refractivity contribution in [3.05, 3.63) is 33.3 Å². The molecular formula is C9H13ClN3O3+. The van der Waals surface area contributed by atoms with E-state index < -0.39 is 11.0 Å². The van der Waals surface area contributed by atoms with Crippen LogP contribution in [0.25, 0.3) is 0 Å². The molecule has 0 spiro atoms. The van der Waals surface area contributed by atoms with Gasteiger partial charge in [0.1, 0.15) is 12.6 Å². The Labute approximate surface area is 97.2 Å². The number of hydrogen-bond acceptors (Lipinski definition) is 4. The monoisotopic (exact) mass is 246 g/mol. The molecule has 0 bridgehead atoms. The van der Waals surface area contributed by atoms with Crippen molar-refractivity contribution in [3.63, 3.8) is 0 Å². The van der Waals surface area contributed by atoms with Gasteiger partial charge < -0.3 is 16.2 Å². The first-order chi connectivity index (χ1) is 7.54. The summed E-state index contributed by atoms with van der Waals surface area (Å²) < 4.78 is 0. The minimum Gasteiger partial charge on any atom is -0.385 e. The predicted molar refractivity (Wildman–Crippen MR) is 60.4 cm³/mol. The number of halogens is 1. The number of aliphatic hydroxyl groups is 1. The second kappa shape index (κ2) is 5.64. The number of non-ortho nitro benzene ring substituents is 1. The quantitative estimate of drug-likeness (QED) is 0.512. The summed E-state index contributed by atoms with van der Waals surface area (Å²) in [6.45, 7) is 0.693. The molecule has 0 amide bonds. The Morgan fingerprint density at radius 3 is 2.81 bits per heavy atom. The molecule has 1 aromatic carbocycles. The number of nitro groups is 1. The van der Waals surface area contributed by atoms with E-state index in [1.165, 1.54) is 18.2 Å². The van der Waals surface area contributed by atoms with Gasteiger partial charge in [0.25, 0.3) is 5.69 Å². The number of quaternary nitrogens is 1. The Balaban J connectivity index is 2.72. The van der Waals surface area contributed by atoms with Crippen LogP contribution in [0.4, 0.5) is 11.4 Å². The molecule has 0 aliphatic carbocycles. The summed E-state index contributed by atoms with van der Waals surface area (Å²) >= 11 is 5.84. The number of anilines is 1. The van der Waals surface area contributed by atoms with Crippen molar-refractivity contribution in [3.8, 4) is 0 Å². The summed E-state index contributed by atoms with van der Waals surface area (Å²) in [4.78, 5) is 9.94. The molecule has 7 heteroatoms. The maximum absolute atomic E-state index is 10.5. The van der Waals surface area contributed by atoms with Gasteiger partial charge in [0.05, 0.1) is 15.6 Å². The minimum atomic E-state index is -0.564. The summed E-state index contributed by atoms with van der Waals surface area (Å²) in [6.07, 6.45) is -0.564. The average Bonchev–Trinajstić information content (AvgIpc) is 2.26. The van der Waals surface area contributed by atoms with Gasteiger partial charge in [0.2, 0.25) is 0 Å². The van der Waals surface area contributed by atoms with Crippen molar-refractivity contribution in [2.75, 3.05) is 18.4 Å². The van der Waals surface area contributed by atoms with Crippen LogP contribution in [0.1, 0.15) is 0 Å². The fourth-order valence-electron chi connectivity index (χ4n) is 1.09. The number of rotatable bonds is 5. The van der Waals surface area contributed by atoms with Crippen LogP contribution in [-0.4, -0.2) is 29.2 Å². The zero-order valence-electron chi connectivity index (χ0n) is 8.52. The Hall–Kier alpha value is -1.37. The Morgan fingerprint density at radius 1 is 1.62 bits per heavy atom. The van der Waals surface area contributed by atoms with Gasteiger partial charge in [-0.2, -0.15) is 0 Å². The fourth-order valence-corrected chi connectivity index (χ4v) is 1.33. The van der Waals surface area contributed by atoms with Gasteiger partial charge in [-0.1, -0.05) is 11.6 Å². The largest absolute Gasteiger partial charge is 0.385 e. The lowest BCUT2D eigenvalue weighted by molar-refractivity contribution is -0.384. The van der Waals surface area contributed by atoms with E-state index in [-0.39, 0.29) is 10.7 Å². The molecule has 0 saturated heterocycles. The van der Waals surface area contributed by atoms with Crippen LogP contribution >= 0.6 is 11.6 Å². The first-order valence-electron chi connectivity index (χ1n) is 4.69. The van der Waals surface area contributed by atoms with E-state index >= 15 is 0 Å². The molecule has 1 aromatic rings. The molecule has 0 fully saturated rings. The van der Waals surface area contributed by atoms with E-state index in [9.17, 15) is 15.2 Å². The maximum atomic E-state index is 10.5. The smallest absolute Gasteiger partial charge is 0.271 e. The lowest BCUT2D eigenvalue weighted by Crippen LogP contribution is -2.57. The van der Waals surface area contributed by atoms with Gasteiger partial charge in [-0.3, -0.25) is 10.1 Å². The fraction of sp³-hybridized carbons (Fsp3) is 0.333. The summed E-state index contributed by atoms with van der Waals surface area (Å²) in [5, 5.41) is 22.9. The van der Waals surface area contributed by atoms with Crippen LogP contribution in [-0.2, 0) is 0 Å². The minimum absolute atomic E-state index is 0.0618. The van der Waals surface area contributed by atoms with E-state index in [1.807, 2.05) is 0 Å². The molecule has 0 aliphatic rings. The van der Waals surface area contributed by atoms with Crippen molar-refractivity contribution in [2.45, 2.75) is 6.10 Å². The number of nitrogens with one attached hydrogen (secondary N) is 1. The first kappa shape index (κ1) is 12.7. The standard InChI is InChI=1S/C9H12ClN3O3/c10-8-3-6(13(15)16)1-2-9(8)12-5-7(14)4-11/h1-3,7,12,14H,4-5,11H2/p+1/t7-/m1/s1. The van der Waals surface area contributed by atoms with E-state index in [2.05, 4.69) is 11.1 Å². The van der Waals surface area contributed by atoms with Gasteiger partial charge in [0.15, 0.2) is 0 Å². The zero-order chi connectivity index (χ0) is 12.1. The zero-order valence-corrected chi connectivity index (χ0v) is 9.28. The lowest BCUT2D eigenvalue weighted by atomic mass is 10.2. The molecule has 0 heterocycles. The third-order valence-corrected chi connectivity index (χ3v) is 2.34. The molecule has 6 nitrogen and oxygen atoms in total. The maximum Gasteiger partial charge on any atom is 0.271 e. The van der Waals surface area contributed by atoms with Crippen molar-refractivity contribution >= 4 is 23.0 Å². The summed E-state index contributed by atoms with van der Waals surface area (Å²) in [5.74, 6) is 0. The van der Waals surface area contributed by atoms with Crippen LogP contribution in [0.2, 0.25) is 5.02 Å². The van der Waals surface area contributed by atoms with Crippen molar-refractivity contribution < 1.29 is 15.8 Å². The summed E-state index contributed by atoms with van der Waals surface area (Å²) in [7, 11) is 0. The van der Waals surface area contributed by atoms with Crippen LogP contribution in [0.5, 0.6) is 0 Å². The van der Waals surface area contributed by atoms with Gasteiger partial charge in [-0.15, -0.1) is 0 Å². The molecule has 0 aliphatic heterocycles. The predicted octanol–water partition coefficient (Wildman–Crippen LogP) is 0.263. The van der Waals surface area contributed by atoms with Crippen molar-refractivity contribution in [1.29, 1.82) is 0 Å². The molecule has 0 radical (unpaired) electrons. The van der Waals surface area contributed by atoms with Crippen LogP contribution in [0, 0.1) is 10.1 Å². The SMILES string of the molecule is [NH3+]C[C@@H](O)CNc1ccc([N+](=O)[O-])cc1Cl. The van der Waals surface area contributed by atoms with Crippen molar-refractivity contribution in [1.82, 2.24) is 0 Å². The normalized spacial score (nSPS) is 12.2. The third-order valence-electron chi connectivity index (χ3n) is 2.02. The molecule has 0 aromatic heterocycles. The first-order valence-corrected chi connectivity index (χ1v) is 5.07. The molecular weight excluding hydrogens is 234 g/mol. The van der Waals surface area contributed by atoms with Gasteiger partial charge >= 0.3 is 0 Å². The number of hydrogen-bond donors (Lipinski definition) is 3. The highest BCUT2D eigenvalue weighted by molar-refractivity contribution is 6.33. The summed E-state index contributed by atoms with van der Waals surface area (Å²) in [5.41, 5.74) is 4.04.